The quantitative estimate of drug-likeness (QED) is 0.612. The number of rotatable bonds is 0. The van der Waals surface area contributed by atoms with Crippen LogP contribution in [0.5, 0.6) is 0 Å². The van der Waals surface area contributed by atoms with Crippen molar-refractivity contribution in [2.45, 2.75) is 46.0 Å². The van der Waals surface area contributed by atoms with Crippen LogP contribution >= 0.6 is 11.3 Å². The normalized spacial score (nSPS) is 18.1. The summed E-state index contributed by atoms with van der Waals surface area (Å²) in [6.45, 7) is 5.92. The molecule has 0 nitrogen and oxygen atoms in total. The lowest BCUT2D eigenvalue weighted by Gasteiger charge is -2.22. The molecule has 0 aliphatic heterocycles. The van der Waals surface area contributed by atoms with E-state index in [9.17, 15) is 8.78 Å². The fraction of sp³-hybridized carbons (Fsp3) is 0.636. The van der Waals surface area contributed by atoms with E-state index in [-0.39, 0.29) is 12.8 Å². The molecule has 1 aromatic rings. The van der Waals surface area contributed by atoms with E-state index in [4.69, 9.17) is 0 Å². The molecule has 0 saturated carbocycles. The monoisotopic (exact) mass is 218 g/mol. The smallest absolute Gasteiger partial charge is 0.207 e. The number of alkyl halides is 2. The largest absolute Gasteiger partial charge is 0.252 e. The molecule has 0 bridgehead atoms. The lowest BCUT2D eigenvalue weighted by molar-refractivity contribution is -0.0121. The van der Waals surface area contributed by atoms with Gasteiger partial charge >= 0.3 is 0 Å². The van der Waals surface area contributed by atoms with Crippen LogP contribution in [0, 0.1) is 6.92 Å². The van der Waals surface area contributed by atoms with Crippen LogP contribution in [0.3, 0.4) is 0 Å². The first kappa shape index (κ1) is 11.6. The minimum Gasteiger partial charge on any atom is -0.207 e. The van der Waals surface area contributed by atoms with E-state index in [0.29, 0.717) is 6.42 Å². The molecule has 2 rings (SSSR count). The molecule has 1 aromatic heterocycles. The van der Waals surface area contributed by atoms with Gasteiger partial charge in [-0.2, -0.15) is 0 Å². The minimum atomic E-state index is -2.46. The zero-order chi connectivity index (χ0) is 10.8. The Hall–Kier alpha value is -0.440. The molecule has 0 radical (unpaired) electrons. The average molecular weight is 218 g/mol. The fourth-order valence-electron chi connectivity index (χ4n) is 1.64. The van der Waals surface area contributed by atoms with Crippen molar-refractivity contribution in [3.8, 4) is 0 Å². The predicted octanol–water partition coefficient (Wildman–Crippen LogP) is 4.21. The van der Waals surface area contributed by atoms with Gasteiger partial charge in [0.1, 0.15) is 0 Å². The summed E-state index contributed by atoms with van der Waals surface area (Å²) in [6, 6.07) is 0. The maximum atomic E-state index is 12.9. The van der Waals surface area contributed by atoms with Crippen molar-refractivity contribution in [2.24, 2.45) is 0 Å². The number of halogens is 2. The molecular weight excluding hydrogens is 202 g/mol. The molecular formula is C11H16F2S. The summed E-state index contributed by atoms with van der Waals surface area (Å²) >= 11 is 1.59. The molecule has 0 atom stereocenters. The molecule has 0 fully saturated rings. The van der Waals surface area contributed by atoms with Gasteiger partial charge in [0.15, 0.2) is 0 Å². The second-order valence-corrected chi connectivity index (χ2v) is 4.41. The third kappa shape index (κ3) is 2.32. The Kier molecular flexibility index (Phi) is 3.65. The van der Waals surface area contributed by atoms with Crippen LogP contribution in [0.4, 0.5) is 8.78 Å². The zero-order valence-electron chi connectivity index (χ0n) is 8.86. The maximum Gasteiger partial charge on any atom is 0.252 e. The molecule has 14 heavy (non-hydrogen) atoms. The highest BCUT2D eigenvalue weighted by Crippen LogP contribution is 2.36. The number of hydrogen-bond acceptors (Lipinski definition) is 1. The van der Waals surface area contributed by atoms with Gasteiger partial charge in [0.05, 0.1) is 0 Å². The third-order valence-electron chi connectivity index (χ3n) is 2.39. The van der Waals surface area contributed by atoms with Gasteiger partial charge < -0.3 is 0 Å². The van der Waals surface area contributed by atoms with E-state index in [1.807, 2.05) is 26.2 Å². The Morgan fingerprint density at radius 2 is 2.00 bits per heavy atom. The molecule has 3 heteroatoms. The average Bonchev–Trinajstić information content (AvgIpc) is 2.50. The van der Waals surface area contributed by atoms with Gasteiger partial charge in [0, 0.05) is 17.7 Å². The summed E-state index contributed by atoms with van der Waals surface area (Å²) < 4.78 is 25.9. The van der Waals surface area contributed by atoms with E-state index in [2.05, 4.69) is 0 Å². The predicted molar refractivity (Wildman–Crippen MR) is 57.4 cm³/mol. The van der Waals surface area contributed by atoms with Gasteiger partial charge in [0.2, 0.25) is 0 Å². The molecule has 1 heterocycles. The third-order valence-corrected chi connectivity index (χ3v) is 3.39. The van der Waals surface area contributed by atoms with Crippen molar-refractivity contribution in [3.05, 3.63) is 21.4 Å². The second kappa shape index (κ2) is 4.39. The first-order valence-corrected chi connectivity index (χ1v) is 5.90. The fourth-order valence-corrected chi connectivity index (χ4v) is 2.56. The molecule has 0 unspecified atom stereocenters. The highest BCUT2D eigenvalue weighted by atomic mass is 32.1. The lowest BCUT2D eigenvalue weighted by Crippen LogP contribution is -2.25. The van der Waals surface area contributed by atoms with Gasteiger partial charge in [0.25, 0.3) is 5.92 Å². The van der Waals surface area contributed by atoms with Crippen molar-refractivity contribution < 1.29 is 8.78 Å². The van der Waals surface area contributed by atoms with Crippen molar-refractivity contribution in [2.75, 3.05) is 0 Å². The molecule has 0 spiro atoms. The van der Waals surface area contributed by atoms with Crippen molar-refractivity contribution in [1.82, 2.24) is 0 Å². The lowest BCUT2D eigenvalue weighted by atomic mass is 9.91. The summed E-state index contributed by atoms with van der Waals surface area (Å²) in [5, 5.41) is 2.01. The Balaban J connectivity index is 0.000000461. The molecule has 80 valence electrons. The van der Waals surface area contributed by atoms with Gasteiger partial charge in [-0.25, -0.2) is 8.78 Å². The van der Waals surface area contributed by atoms with Gasteiger partial charge in [-0.15, -0.1) is 11.3 Å². The molecule has 0 aromatic carbocycles. The summed E-state index contributed by atoms with van der Waals surface area (Å²) in [5.41, 5.74) is 2.04. The van der Waals surface area contributed by atoms with E-state index >= 15 is 0 Å². The molecule has 0 amide bonds. The zero-order valence-corrected chi connectivity index (χ0v) is 9.68. The minimum absolute atomic E-state index is 0.0240. The van der Waals surface area contributed by atoms with Crippen LogP contribution in [0.25, 0.3) is 0 Å². The van der Waals surface area contributed by atoms with E-state index < -0.39 is 5.92 Å². The van der Waals surface area contributed by atoms with Crippen LogP contribution in [0.15, 0.2) is 5.38 Å². The number of thiophene rings is 1. The van der Waals surface area contributed by atoms with E-state index in [0.717, 1.165) is 16.0 Å². The van der Waals surface area contributed by atoms with Crippen molar-refractivity contribution in [3.63, 3.8) is 0 Å². The Labute approximate surface area is 88.0 Å². The standard InChI is InChI=1S/C9H10F2S.C2H6/c1-6-8-4-9(10,11)3-2-7(8)5-12-6;1-2/h5H,2-4H2,1H3;1-2H3. The first-order valence-electron chi connectivity index (χ1n) is 5.02. The molecule has 1 aliphatic rings. The van der Waals surface area contributed by atoms with E-state index in [1.165, 1.54) is 0 Å². The summed E-state index contributed by atoms with van der Waals surface area (Å²) in [6.07, 6.45) is 0.528. The summed E-state index contributed by atoms with van der Waals surface area (Å²) in [5.74, 6) is -2.46. The number of aryl methyl sites for hydroxylation is 2. The maximum absolute atomic E-state index is 12.9. The highest BCUT2D eigenvalue weighted by Gasteiger charge is 2.35. The van der Waals surface area contributed by atoms with Gasteiger partial charge in [-0.1, -0.05) is 13.8 Å². The van der Waals surface area contributed by atoms with Crippen LogP contribution in [-0.2, 0) is 12.8 Å². The second-order valence-electron chi connectivity index (χ2n) is 3.33. The topological polar surface area (TPSA) is 0 Å². The van der Waals surface area contributed by atoms with Crippen LogP contribution in [0.1, 0.15) is 36.3 Å². The SMILES string of the molecule is CC.Cc1scc2c1CC(F)(F)CC2. The Morgan fingerprint density at radius 3 is 2.64 bits per heavy atom. The van der Waals surface area contributed by atoms with Crippen LogP contribution < -0.4 is 0 Å². The van der Waals surface area contributed by atoms with Crippen LogP contribution in [0.2, 0.25) is 0 Å². The highest BCUT2D eigenvalue weighted by molar-refractivity contribution is 7.10. The van der Waals surface area contributed by atoms with Crippen molar-refractivity contribution >= 4 is 11.3 Å². The van der Waals surface area contributed by atoms with Gasteiger partial charge in [-0.05, 0) is 29.9 Å². The number of hydrogen-bond donors (Lipinski definition) is 0. The Morgan fingerprint density at radius 1 is 1.36 bits per heavy atom. The first-order chi connectivity index (χ1) is 6.58. The van der Waals surface area contributed by atoms with E-state index in [1.54, 1.807) is 11.3 Å². The summed E-state index contributed by atoms with van der Waals surface area (Å²) in [7, 11) is 0. The molecule has 0 saturated heterocycles. The van der Waals surface area contributed by atoms with Crippen LogP contribution in [-0.4, -0.2) is 5.92 Å². The van der Waals surface area contributed by atoms with Crippen molar-refractivity contribution in [1.29, 1.82) is 0 Å². The molecule has 0 N–H and O–H groups in total. The summed E-state index contributed by atoms with van der Waals surface area (Å²) in [4.78, 5) is 1.06. The Bertz CT molecular complexity index is 302. The molecule has 1 aliphatic carbocycles. The van der Waals surface area contributed by atoms with Gasteiger partial charge in [-0.3, -0.25) is 0 Å². The number of fused-ring (bicyclic) bond motifs is 1.